The lowest BCUT2D eigenvalue weighted by Gasteiger charge is -2.03. The molecule has 0 amide bonds. The van der Waals surface area contributed by atoms with E-state index in [-0.39, 0.29) is 11.7 Å². The van der Waals surface area contributed by atoms with Crippen molar-refractivity contribution in [3.8, 4) is 17.0 Å². The monoisotopic (exact) mass is 228 g/mol. The summed E-state index contributed by atoms with van der Waals surface area (Å²) in [6.07, 6.45) is 2.56. The maximum absolute atomic E-state index is 11.2. The quantitative estimate of drug-likeness (QED) is 0.809. The van der Waals surface area contributed by atoms with Gasteiger partial charge in [-0.15, -0.1) is 0 Å². The Hall–Kier alpha value is -2.10. The van der Waals surface area contributed by atoms with Crippen molar-refractivity contribution >= 4 is 0 Å². The molecular formula is C13H12N2O2. The molecule has 0 bridgehead atoms. The molecule has 0 saturated heterocycles. The number of H-pyrrole nitrogens is 1. The molecule has 1 aromatic carbocycles. The van der Waals surface area contributed by atoms with Gasteiger partial charge in [0.05, 0.1) is 12.0 Å². The highest BCUT2D eigenvalue weighted by atomic mass is 16.5. The van der Waals surface area contributed by atoms with Crippen LogP contribution in [0.3, 0.4) is 0 Å². The number of hydrogen-bond donors (Lipinski definition) is 1. The molecule has 0 saturated carbocycles. The summed E-state index contributed by atoms with van der Waals surface area (Å²) in [6.45, 7) is 2.05. The Morgan fingerprint density at radius 1 is 1.41 bits per heavy atom. The predicted molar refractivity (Wildman–Crippen MR) is 64.1 cm³/mol. The molecule has 17 heavy (non-hydrogen) atoms. The lowest BCUT2D eigenvalue weighted by Crippen LogP contribution is -2.05. The maximum Gasteiger partial charge on any atom is 0.251 e. The zero-order valence-electron chi connectivity index (χ0n) is 9.43. The van der Waals surface area contributed by atoms with Crippen LogP contribution in [0.25, 0.3) is 11.3 Å². The van der Waals surface area contributed by atoms with Crippen molar-refractivity contribution in [2.24, 2.45) is 0 Å². The first-order valence-electron chi connectivity index (χ1n) is 5.57. The minimum absolute atomic E-state index is 0.139. The normalized spacial score (nSPS) is 17.6. The summed E-state index contributed by atoms with van der Waals surface area (Å²) < 4.78 is 5.63. The molecule has 0 fully saturated rings. The van der Waals surface area contributed by atoms with E-state index in [2.05, 4.69) is 9.97 Å². The third-order valence-corrected chi connectivity index (χ3v) is 2.87. The number of hydrogen-bond acceptors (Lipinski definition) is 3. The molecule has 3 rings (SSSR count). The number of aromatic nitrogens is 2. The maximum atomic E-state index is 11.2. The molecule has 1 aliphatic heterocycles. The second-order valence-corrected chi connectivity index (χ2v) is 4.25. The van der Waals surface area contributed by atoms with Crippen molar-refractivity contribution < 1.29 is 4.74 Å². The summed E-state index contributed by atoms with van der Waals surface area (Å²) in [4.78, 5) is 17.9. The molecule has 0 aliphatic carbocycles. The van der Waals surface area contributed by atoms with Gasteiger partial charge >= 0.3 is 0 Å². The summed E-state index contributed by atoms with van der Waals surface area (Å²) in [7, 11) is 0. The molecule has 1 aromatic heterocycles. The van der Waals surface area contributed by atoms with Crippen molar-refractivity contribution in [3.05, 3.63) is 46.5 Å². The Morgan fingerprint density at radius 2 is 2.29 bits per heavy atom. The van der Waals surface area contributed by atoms with Crippen LogP contribution >= 0.6 is 0 Å². The van der Waals surface area contributed by atoms with Gasteiger partial charge < -0.3 is 9.72 Å². The van der Waals surface area contributed by atoms with Crippen molar-refractivity contribution in [1.82, 2.24) is 9.97 Å². The van der Waals surface area contributed by atoms with Crippen molar-refractivity contribution in [2.45, 2.75) is 19.4 Å². The molecule has 0 radical (unpaired) electrons. The summed E-state index contributed by atoms with van der Waals surface area (Å²) in [5.41, 5.74) is 2.68. The highest BCUT2D eigenvalue weighted by Gasteiger charge is 2.19. The standard InChI is InChI=1S/C13H12N2O2/c1-8-4-10-5-9(2-3-12(10)17-8)11-6-13(16)15-7-14-11/h2-3,5-8H,4H2,1H3,(H,14,15,16). The largest absolute Gasteiger partial charge is 0.490 e. The van der Waals surface area contributed by atoms with E-state index in [0.717, 1.165) is 17.7 Å². The van der Waals surface area contributed by atoms with Gasteiger partial charge in [-0.05, 0) is 30.7 Å². The van der Waals surface area contributed by atoms with Crippen LogP contribution in [0.15, 0.2) is 35.4 Å². The number of nitrogens with one attached hydrogen (secondary N) is 1. The fourth-order valence-corrected chi connectivity index (χ4v) is 2.11. The van der Waals surface area contributed by atoms with Crippen molar-refractivity contribution in [3.63, 3.8) is 0 Å². The van der Waals surface area contributed by atoms with Crippen LogP contribution in [-0.4, -0.2) is 16.1 Å². The van der Waals surface area contributed by atoms with Crippen LogP contribution in [0.1, 0.15) is 12.5 Å². The Morgan fingerprint density at radius 3 is 3.12 bits per heavy atom. The van der Waals surface area contributed by atoms with Gasteiger partial charge in [0.1, 0.15) is 11.9 Å². The third kappa shape index (κ3) is 1.82. The molecule has 1 N–H and O–H groups in total. The van der Waals surface area contributed by atoms with Crippen molar-refractivity contribution in [2.75, 3.05) is 0 Å². The van der Waals surface area contributed by atoms with Crippen molar-refractivity contribution in [1.29, 1.82) is 0 Å². The Bertz CT molecular complexity index is 619. The minimum Gasteiger partial charge on any atom is -0.490 e. The lowest BCUT2D eigenvalue weighted by molar-refractivity contribution is 0.254. The zero-order valence-corrected chi connectivity index (χ0v) is 9.43. The molecule has 1 unspecified atom stereocenters. The van der Waals surface area contributed by atoms with Gasteiger partial charge in [0.2, 0.25) is 0 Å². The smallest absolute Gasteiger partial charge is 0.251 e. The molecule has 86 valence electrons. The third-order valence-electron chi connectivity index (χ3n) is 2.87. The Balaban J connectivity index is 2.06. The fraction of sp³-hybridized carbons (Fsp3) is 0.231. The van der Waals surface area contributed by atoms with E-state index in [1.54, 1.807) is 0 Å². The molecule has 2 aromatic rings. The van der Waals surface area contributed by atoms with Gasteiger partial charge in [-0.3, -0.25) is 4.79 Å². The number of nitrogens with zero attached hydrogens (tertiary/aromatic N) is 1. The Labute approximate surface area is 98.3 Å². The molecule has 4 heteroatoms. The van der Waals surface area contributed by atoms with Gasteiger partial charge in [-0.2, -0.15) is 0 Å². The lowest BCUT2D eigenvalue weighted by atomic mass is 10.0. The van der Waals surface area contributed by atoms with E-state index in [4.69, 9.17) is 4.74 Å². The molecule has 1 atom stereocenters. The van der Waals surface area contributed by atoms with Gasteiger partial charge in [-0.1, -0.05) is 0 Å². The topological polar surface area (TPSA) is 55.0 Å². The highest BCUT2D eigenvalue weighted by Crippen LogP contribution is 2.31. The second kappa shape index (κ2) is 3.73. The highest BCUT2D eigenvalue weighted by molar-refractivity contribution is 5.62. The van der Waals surface area contributed by atoms with E-state index in [1.807, 2.05) is 25.1 Å². The first-order valence-corrected chi connectivity index (χ1v) is 5.57. The van der Waals surface area contributed by atoms with Gasteiger partial charge in [0, 0.05) is 18.1 Å². The van der Waals surface area contributed by atoms with Crippen LogP contribution < -0.4 is 10.3 Å². The molecule has 1 aliphatic rings. The van der Waals surface area contributed by atoms with E-state index in [0.29, 0.717) is 5.69 Å². The minimum atomic E-state index is -0.139. The predicted octanol–water partition coefficient (Wildman–Crippen LogP) is 1.76. The number of benzene rings is 1. The van der Waals surface area contributed by atoms with E-state index in [9.17, 15) is 4.79 Å². The summed E-state index contributed by atoms with van der Waals surface area (Å²) >= 11 is 0. The Kier molecular flexibility index (Phi) is 2.21. The molecule has 2 heterocycles. The van der Waals surface area contributed by atoms with Crippen LogP contribution in [0.2, 0.25) is 0 Å². The van der Waals surface area contributed by atoms with E-state index < -0.39 is 0 Å². The van der Waals surface area contributed by atoms with Gasteiger partial charge in [0.25, 0.3) is 5.56 Å². The van der Waals surface area contributed by atoms with Crippen LogP contribution in [0.5, 0.6) is 5.75 Å². The molecule has 0 spiro atoms. The average Bonchev–Trinajstić information content (AvgIpc) is 2.68. The van der Waals surface area contributed by atoms with Crippen LogP contribution in [0, 0.1) is 0 Å². The molecule has 4 nitrogen and oxygen atoms in total. The summed E-state index contributed by atoms with van der Waals surface area (Å²) in [6, 6.07) is 7.41. The second-order valence-electron chi connectivity index (χ2n) is 4.25. The SMILES string of the molecule is CC1Cc2cc(-c3cc(=O)[nH]cn3)ccc2O1. The van der Waals surface area contributed by atoms with Crippen LogP contribution in [0.4, 0.5) is 0 Å². The van der Waals surface area contributed by atoms with Gasteiger partial charge in [-0.25, -0.2) is 4.98 Å². The van der Waals surface area contributed by atoms with E-state index >= 15 is 0 Å². The number of rotatable bonds is 1. The first kappa shape index (κ1) is 10.1. The summed E-state index contributed by atoms with van der Waals surface area (Å²) in [5.74, 6) is 0.936. The fourth-order valence-electron chi connectivity index (χ4n) is 2.11. The van der Waals surface area contributed by atoms with Gasteiger partial charge in [0.15, 0.2) is 0 Å². The first-order chi connectivity index (χ1) is 8.22. The summed E-state index contributed by atoms with van der Waals surface area (Å²) in [5, 5.41) is 0. The number of fused-ring (bicyclic) bond motifs is 1. The average molecular weight is 228 g/mol. The number of aromatic amines is 1. The number of ether oxygens (including phenoxy) is 1. The molecular weight excluding hydrogens is 216 g/mol. The zero-order chi connectivity index (χ0) is 11.8. The van der Waals surface area contributed by atoms with E-state index in [1.165, 1.54) is 18.0 Å². The van der Waals surface area contributed by atoms with Crippen LogP contribution in [-0.2, 0) is 6.42 Å².